The predicted molar refractivity (Wildman–Crippen MR) is 137 cm³/mol. The van der Waals surface area contributed by atoms with Crippen molar-refractivity contribution in [3.63, 3.8) is 0 Å². The first-order valence-corrected chi connectivity index (χ1v) is 12.1. The van der Waals surface area contributed by atoms with Crippen LogP contribution in [0.1, 0.15) is 41.1 Å². The normalized spacial score (nSPS) is 15.9. The SMILES string of the molecule is COc1cc2c(cc1OC)[C@H]1Cc3ccc(OC)c(OC)c3CN1CC2.O=C(O)CC(O)(CC(=O)O)C(=O)O. The summed E-state index contributed by atoms with van der Waals surface area (Å²) in [6.45, 7) is 1.89. The highest BCUT2D eigenvalue weighted by molar-refractivity contribution is 5.88. The Labute approximate surface area is 225 Å². The standard InChI is InChI=1S/C21H25NO4.C6H8O7/c1-23-18-6-5-13-9-17-15-11-20(25-3)19(24-2)10-14(15)7-8-22(17)12-16(13)21(18)26-4;7-3(8)1-6(13,5(11)12)2-4(9)10/h5-6,10-11,17H,7-9,12H2,1-4H3;13H,1-2H2,(H,7,8)(H,9,10)(H,11,12)/t17-;/m1./s1. The maximum atomic E-state index is 10.3. The number of carboxylic acids is 3. The van der Waals surface area contributed by atoms with Crippen LogP contribution in [-0.4, -0.2) is 83.8 Å². The largest absolute Gasteiger partial charge is 0.493 e. The second-order valence-electron chi connectivity index (χ2n) is 9.26. The Kier molecular flexibility index (Phi) is 9.25. The molecule has 0 amide bonds. The Hall–Kier alpha value is -4.03. The average molecular weight is 548 g/mol. The quantitative estimate of drug-likeness (QED) is 0.361. The van der Waals surface area contributed by atoms with Crippen molar-refractivity contribution in [3.05, 3.63) is 46.5 Å². The van der Waals surface area contributed by atoms with Crippen molar-refractivity contribution >= 4 is 17.9 Å². The van der Waals surface area contributed by atoms with Crippen molar-refractivity contribution in [2.45, 2.75) is 43.9 Å². The fourth-order valence-electron chi connectivity index (χ4n) is 5.03. The molecule has 39 heavy (non-hydrogen) atoms. The lowest BCUT2D eigenvalue weighted by molar-refractivity contribution is -0.170. The summed E-state index contributed by atoms with van der Waals surface area (Å²) in [5, 5.41) is 33.8. The molecule has 0 spiro atoms. The maximum Gasteiger partial charge on any atom is 0.336 e. The molecule has 0 radical (unpaired) electrons. The van der Waals surface area contributed by atoms with E-state index in [0.717, 1.165) is 48.9 Å². The molecule has 0 aromatic heterocycles. The zero-order valence-electron chi connectivity index (χ0n) is 22.2. The summed E-state index contributed by atoms with van der Waals surface area (Å²) in [7, 11) is 6.79. The molecule has 2 aromatic rings. The molecule has 0 bridgehead atoms. The van der Waals surface area contributed by atoms with E-state index in [9.17, 15) is 14.4 Å². The minimum atomic E-state index is -2.74. The summed E-state index contributed by atoms with van der Waals surface area (Å²) in [6.07, 6.45) is -0.324. The number of fused-ring (bicyclic) bond motifs is 4. The van der Waals surface area contributed by atoms with Crippen LogP contribution in [0.25, 0.3) is 0 Å². The lowest BCUT2D eigenvalue weighted by Crippen LogP contribution is -2.42. The molecule has 2 aliphatic heterocycles. The highest BCUT2D eigenvalue weighted by atomic mass is 16.5. The summed E-state index contributed by atoms with van der Waals surface area (Å²) in [4.78, 5) is 33.0. The Morgan fingerprint density at radius 3 is 1.97 bits per heavy atom. The molecule has 1 atom stereocenters. The second-order valence-corrected chi connectivity index (χ2v) is 9.26. The smallest absolute Gasteiger partial charge is 0.336 e. The van der Waals surface area contributed by atoms with Gasteiger partial charge in [-0.2, -0.15) is 0 Å². The van der Waals surface area contributed by atoms with E-state index in [1.165, 1.54) is 22.3 Å². The predicted octanol–water partition coefficient (Wildman–Crippen LogP) is 2.13. The van der Waals surface area contributed by atoms with E-state index in [-0.39, 0.29) is 0 Å². The molecular formula is C27H33NO11. The fraction of sp³-hybridized carbons (Fsp3) is 0.444. The first kappa shape index (κ1) is 29.5. The Morgan fingerprint density at radius 2 is 1.46 bits per heavy atom. The number of hydrogen-bond acceptors (Lipinski definition) is 9. The van der Waals surface area contributed by atoms with Gasteiger partial charge in [0.2, 0.25) is 0 Å². The molecule has 2 heterocycles. The maximum absolute atomic E-state index is 10.3. The molecule has 212 valence electrons. The number of aliphatic hydroxyl groups is 1. The minimum Gasteiger partial charge on any atom is -0.493 e. The minimum absolute atomic E-state index is 0.351. The lowest BCUT2D eigenvalue weighted by atomic mass is 9.83. The molecule has 0 unspecified atom stereocenters. The highest BCUT2D eigenvalue weighted by Gasteiger charge is 2.41. The molecule has 0 saturated heterocycles. The van der Waals surface area contributed by atoms with Crippen LogP contribution in [0.2, 0.25) is 0 Å². The third-order valence-electron chi connectivity index (χ3n) is 6.92. The van der Waals surface area contributed by atoms with E-state index < -0.39 is 36.4 Å². The third kappa shape index (κ3) is 6.35. The second kappa shape index (κ2) is 12.2. The molecule has 0 saturated carbocycles. The van der Waals surface area contributed by atoms with Crippen molar-refractivity contribution in [1.82, 2.24) is 4.90 Å². The van der Waals surface area contributed by atoms with Crippen molar-refractivity contribution in [1.29, 1.82) is 0 Å². The van der Waals surface area contributed by atoms with E-state index in [2.05, 4.69) is 23.1 Å². The number of carboxylic acid groups (broad SMARTS) is 3. The van der Waals surface area contributed by atoms with Crippen LogP contribution in [0, 0.1) is 0 Å². The Morgan fingerprint density at radius 1 is 0.872 bits per heavy atom. The first-order chi connectivity index (χ1) is 18.5. The summed E-state index contributed by atoms with van der Waals surface area (Å²) in [5.41, 5.74) is 2.53. The van der Waals surface area contributed by atoms with Crippen LogP contribution in [0.5, 0.6) is 23.0 Å². The number of rotatable bonds is 9. The highest BCUT2D eigenvalue weighted by Crippen LogP contribution is 2.45. The number of benzene rings is 2. The molecule has 12 nitrogen and oxygen atoms in total. The first-order valence-electron chi connectivity index (χ1n) is 12.1. The van der Waals surface area contributed by atoms with Gasteiger partial charge in [-0.25, -0.2) is 4.79 Å². The number of aliphatic carboxylic acids is 3. The van der Waals surface area contributed by atoms with E-state index in [0.29, 0.717) is 6.04 Å². The molecule has 2 aliphatic rings. The summed E-state index contributed by atoms with van der Waals surface area (Å²) in [6, 6.07) is 8.81. The molecule has 4 N–H and O–H groups in total. The van der Waals surface area contributed by atoms with Crippen LogP contribution in [0.3, 0.4) is 0 Å². The Bertz CT molecular complexity index is 1230. The zero-order valence-corrected chi connectivity index (χ0v) is 22.2. The number of carbonyl (C=O) groups is 3. The van der Waals surface area contributed by atoms with Crippen LogP contribution < -0.4 is 18.9 Å². The van der Waals surface area contributed by atoms with E-state index >= 15 is 0 Å². The van der Waals surface area contributed by atoms with Gasteiger partial charge in [-0.15, -0.1) is 0 Å². The van der Waals surface area contributed by atoms with Crippen LogP contribution >= 0.6 is 0 Å². The molecule has 2 aromatic carbocycles. The van der Waals surface area contributed by atoms with Gasteiger partial charge in [0.05, 0.1) is 41.3 Å². The van der Waals surface area contributed by atoms with Crippen molar-refractivity contribution in [3.8, 4) is 23.0 Å². The van der Waals surface area contributed by atoms with Gasteiger partial charge in [0.15, 0.2) is 28.6 Å². The van der Waals surface area contributed by atoms with Crippen molar-refractivity contribution in [2.75, 3.05) is 35.0 Å². The summed E-state index contributed by atoms with van der Waals surface area (Å²) in [5.74, 6) is -1.75. The summed E-state index contributed by atoms with van der Waals surface area (Å²) >= 11 is 0. The number of nitrogens with zero attached hydrogens (tertiary/aromatic N) is 1. The van der Waals surface area contributed by atoms with Gasteiger partial charge in [-0.1, -0.05) is 6.07 Å². The summed E-state index contributed by atoms with van der Waals surface area (Å²) < 4.78 is 22.2. The fourth-order valence-corrected chi connectivity index (χ4v) is 5.03. The topological polar surface area (TPSA) is 172 Å². The van der Waals surface area contributed by atoms with Gasteiger partial charge >= 0.3 is 17.9 Å². The van der Waals surface area contributed by atoms with E-state index in [1.54, 1.807) is 28.4 Å². The van der Waals surface area contributed by atoms with Gasteiger partial charge in [-0.3, -0.25) is 14.5 Å². The monoisotopic (exact) mass is 547 g/mol. The van der Waals surface area contributed by atoms with Crippen molar-refractivity contribution < 1.29 is 53.8 Å². The number of methoxy groups -OCH3 is 4. The van der Waals surface area contributed by atoms with Gasteiger partial charge < -0.3 is 39.4 Å². The van der Waals surface area contributed by atoms with Gasteiger partial charge in [-0.05, 0) is 47.7 Å². The molecule has 4 rings (SSSR count). The van der Waals surface area contributed by atoms with Crippen LogP contribution in [0.4, 0.5) is 0 Å². The molecular weight excluding hydrogens is 514 g/mol. The third-order valence-corrected chi connectivity index (χ3v) is 6.92. The van der Waals surface area contributed by atoms with Crippen molar-refractivity contribution in [2.24, 2.45) is 0 Å². The van der Waals surface area contributed by atoms with Gasteiger partial charge in [0.25, 0.3) is 0 Å². The van der Waals surface area contributed by atoms with Gasteiger partial charge in [0.1, 0.15) is 0 Å². The zero-order chi connectivity index (χ0) is 28.9. The van der Waals surface area contributed by atoms with E-state index in [4.69, 9.17) is 39.4 Å². The van der Waals surface area contributed by atoms with Crippen LogP contribution in [-0.2, 0) is 33.8 Å². The molecule has 0 fully saturated rings. The number of ether oxygens (including phenoxy) is 4. The molecule has 12 heteroatoms. The van der Waals surface area contributed by atoms with E-state index in [1.807, 2.05) is 6.07 Å². The Balaban J connectivity index is 0.000000276. The molecule has 0 aliphatic carbocycles. The average Bonchev–Trinajstić information content (AvgIpc) is 2.89. The lowest BCUT2D eigenvalue weighted by Gasteiger charge is -2.42. The van der Waals surface area contributed by atoms with Gasteiger partial charge in [0, 0.05) is 24.7 Å². The van der Waals surface area contributed by atoms with Crippen LogP contribution in [0.15, 0.2) is 24.3 Å². The number of hydrogen-bond donors (Lipinski definition) is 4.